The Bertz CT molecular complexity index is 1710. The predicted molar refractivity (Wildman–Crippen MR) is 357 cm³/mol. The molecule has 6 aliphatic rings. The van der Waals surface area contributed by atoms with Crippen LogP contribution >= 0.6 is 0 Å². The maximum Gasteiger partial charge on any atom is 0.448 e. The van der Waals surface area contributed by atoms with Gasteiger partial charge in [-0.1, -0.05) is 271 Å². The van der Waals surface area contributed by atoms with Crippen LogP contribution in [0.25, 0.3) is 0 Å². The molecule has 0 radical (unpaired) electrons. The zero-order valence-electron chi connectivity index (χ0n) is 56.9. The molecule has 8 bridgehead atoms. The minimum absolute atomic E-state index is 0.344. The standard InChI is InChI=1S/C48H120O12Si16/c1-41(2,3)61(25,26)69-49-70(62(27,28)42(4,5)6)52-73(65(33,34)45(13,14)15)54-71(50-69,63(29,30)43(7,8)9)56-75(67(37,38)47(19,20)21)57-72(51-69,64(31,32)44(10,11)12)55-74(53-70,66(35,36)46(16,17)18)59-76(58-73,60-75)68(39,40)48(22,23)24/h1-40H3. The summed E-state index contributed by atoms with van der Waals surface area (Å²) >= 11 is 0. The van der Waals surface area contributed by atoms with Crippen molar-refractivity contribution in [3.63, 3.8) is 0 Å². The quantitative estimate of drug-likeness (QED) is 0.216. The Morgan fingerprint density at radius 3 is 0.237 bits per heavy atom. The lowest BCUT2D eigenvalue weighted by Crippen LogP contribution is -3.03. The molecule has 6 aliphatic heterocycles. The average molecular weight is 1340 g/mol. The summed E-state index contributed by atoms with van der Waals surface area (Å²) in [6.07, 6.45) is 0. The summed E-state index contributed by atoms with van der Waals surface area (Å²) in [4.78, 5) is 0. The summed E-state index contributed by atoms with van der Waals surface area (Å²) < 4.78 is 110. The molecule has 0 aromatic heterocycles. The van der Waals surface area contributed by atoms with Gasteiger partial charge in [-0.05, 0) is 40.3 Å². The van der Waals surface area contributed by atoms with Gasteiger partial charge >= 0.3 is 66.6 Å². The monoisotopic (exact) mass is 1340 g/mol. The van der Waals surface area contributed by atoms with Gasteiger partial charge in [0.15, 0.2) is 0 Å². The number of hydrogen-bond donors (Lipinski definition) is 0. The Hall–Kier alpha value is 2.99. The summed E-state index contributed by atoms with van der Waals surface area (Å²) in [5, 5.41) is -2.75. The maximum absolute atomic E-state index is 9.19. The van der Waals surface area contributed by atoms with Crippen LogP contribution in [0.5, 0.6) is 0 Å². The molecule has 0 aromatic carbocycles. The van der Waals surface area contributed by atoms with Gasteiger partial charge in [0.25, 0.3) is 0 Å². The molecule has 0 spiro atoms. The largest absolute Gasteiger partial charge is 0.448 e. The first-order chi connectivity index (χ1) is 32.5. The number of hydrogen-bond acceptors (Lipinski definition) is 12. The highest BCUT2D eigenvalue weighted by atomic mass is 29.4. The lowest BCUT2D eigenvalue weighted by atomic mass is 10.2. The molecule has 12 nitrogen and oxygen atoms in total. The van der Waals surface area contributed by atoms with E-state index in [1.54, 1.807) is 0 Å². The summed E-state index contributed by atoms with van der Waals surface area (Å²) in [6, 6.07) is 0. The molecule has 0 saturated carbocycles. The molecule has 6 fully saturated rings. The molecule has 0 unspecified atom stereocenters. The van der Waals surface area contributed by atoms with Crippen LogP contribution in [0.3, 0.4) is 0 Å². The Morgan fingerprint density at radius 2 is 0.197 bits per heavy atom. The van der Waals surface area contributed by atoms with Crippen LogP contribution in [-0.4, -0.2) is 127 Å². The topological polar surface area (TPSA) is 111 Å². The van der Waals surface area contributed by atoms with Crippen LogP contribution in [-0.2, 0) is 49.4 Å². The van der Waals surface area contributed by atoms with Crippen LogP contribution < -0.4 is 0 Å². The fourth-order valence-corrected chi connectivity index (χ4v) is 188. The Kier molecular flexibility index (Phi) is 16.8. The Labute approximate surface area is 484 Å². The van der Waals surface area contributed by atoms with Gasteiger partial charge in [-0.25, -0.2) is 0 Å². The minimum Gasteiger partial charge on any atom is -0.379 e. The zero-order chi connectivity index (χ0) is 60.5. The first-order valence-corrected chi connectivity index (χ1v) is 74.7. The van der Waals surface area contributed by atoms with Crippen molar-refractivity contribution >= 4 is 127 Å². The van der Waals surface area contributed by atoms with Crippen molar-refractivity contribution in [3.8, 4) is 0 Å². The van der Waals surface area contributed by atoms with E-state index < -0.39 is 127 Å². The molecule has 76 heavy (non-hydrogen) atoms. The van der Waals surface area contributed by atoms with Crippen LogP contribution in [0.2, 0.25) is 145 Å². The van der Waals surface area contributed by atoms with Gasteiger partial charge in [-0.3, -0.25) is 0 Å². The third-order valence-corrected chi connectivity index (χ3v) is 169. The van der Waals surface area contributed by atoms with Crippen LogP contribution in [0, 0.1) is 0 Å². The van der Waals surface area contributed by atoms with E-state index in [2.05, 4.69) is 271 Å². The third kappa shape index (κ3) is 9.27. The molecule has 0 N–H and O–H groups in total. The molecule has 28 heteroatoms. The third-order valence-electron chi connectivity index (χ3n) is 24.3. The van der Waals surface area contributed by atoms with Crippen LogP contribution in [0.1, 0.15) is 166 Å². The first-order valence-electron chi connectivity index (χ1n) is 28.9. The van der Waals surface area contributed by atoms with E-state index in [1.807, 2.05) is 0 Å². The van der Waals surface area contributed by atoms with E-state index in [9.17, 15) is 49.4 Å². The average Bonchev–Trinajstić information content (AvgIpc) is 3.09. The van der Waals surface area contributed by atoms with Crippen molar-refractivity contribution in [2.24, 2.45) is 0 Å². The Balaban J connectivity index is 2.49. The second kappa shape index (κ2) is 18.3. The summed E-state index contributed by atoms with van der Waals surface area (Å²) in [5.74, 6) is 0. The van der Waals surface area contributed by atoms with Crippen molar-refractivity contribution < 1.29 is 49.4 Å². The first kappa shape index (κ1) is 69.8. The molecule has 0 atom stereocenters. The summed E-state index contributed by atoms with van der Waals surface area (Å²) in [6.45, 7) is 96.6. The zero-order valence-corrected chi connectivity index (χ0v) is 72.9. The Morgan fingerprint density at radius 1 is 0.145 bits per heavy atom. The van der Waals surface area contributed by atoms with E-state index >= 15 is 0 Å². The second-order valence-corrected chi connectivity index (χ2v) is 138. The van der Waals surface area contributed by atoms with Crippen molar-refractivity contribution in [1.29, 1.82) is 0 Å². The highest BCUT2D eigenvalue weighted by Crippen LogP contribution is 2.67. The van der Waals surface area contributed by atoms with E-state index in [-0.39, 0.29) is 40.3 Å². The number of rotatable bonds is 8. The molecule has 0 aromatic rings. The van der Waals surface area contributed by atoms with E-state index in [1.165, 1.54) is 0 Å². The van der Waals surface area contributed by atoms with Gasteiger partial charge in [0.05, 0.1) is 0 Å². The fourth-order valence-electron chi connectivity index (χ4n) is 9.36. The molecule has 0 aliphatic carbocycles. The molecule has 6 saturated heterocycles. The second-order valence-electron chi connectivity index (χ2n) is 36.7. The van der Waals surface area contributed by atoms with E-state index in [0.29, 0.717) is 0 Å². The normalized spacial score (nSPS) is 35.7. The van der Waals surface area contributed by atoms with Gasteiger partial charge < -0.3 is 49.4 Å². The minimum atomic E-state index is -4.45. The van der Waals surface area contributed by atoms with Crippen LogP contribution in [0.15, 0.2) is 0 Å². The maximum atomic E-state index is 9.19. The van der Waals surface area contributed by atoms with Crippen molar-refractivity contribution in [2.45, 2.75) is 311 Å². The molecule has 6 heterocycles. The van der Waals surface area contributed by atoms with E-state index in [0.717, 1.165) is 0 Å². The van der Waals surface area contributed by atoms with Crippen LogP contribution in [0.4, 0.5) is 0 Å². The van der Waals surface area contributed by atoms with Gasteiger partial charge in [0.2, 0.25) is 0 Å². The molecule has 448 valence electrons. The van der Waals surface area contributed by atoms with Gasteiger partial charge in [0.1, 0.15) is 60.7 Å². The van der Waals surface area contributed by atoms with Gasteiger partial charge in [-0.15, -0.1) is 0 Å². The van der Waals surface area contributed by atoms with E-state index in [4.69, 9.17) is 0 Å². The molecular formula is C48H120O12Si16. The highest BCUT2D eigenvalue weighted by molar-refractivity contribution is 7.58. The predicted octanol–water partition coefficient (Wildman–Crippen LogP) is 16.5. The SMILES string of the molecule is CC(C)(C)[Si](C)(C)[Si]12O[Si]3([Si](C)(C)C(C)(C)C)O[Si]4([Si](C)(C)C(C)(C)C)O[Si]([Si](C)(C)C(C)(C)C)(O1)O[Si]1([Si](C)(C)C(C)(C)C)O[Si]([Si](C)(C)C(C)(C)C)(O2)O[Si]([Si](C)(C)C(C)(C)C)(O3)O[Si]([Si](C)(C)C(C)(C)C)(O4)O1. The fraction of sp³-hybridized carbons (Fsp3) is 1.00. The molecule has 6 rings (SSSR count). The lowest BCUT2D eigenvalue weighted by molar-refractivity contribution is 0.00424. The van der Waals surface area contributed by atoms with Crippen molar-refractivity contribution in [2.75, 3.05) is 0 Å². The summed E-state index contributed by atoms with van der Waals surface area (Å²) in [7, 11) is -61.0. The van der Waals surface area contributed by atoms with Gasteiger partial charge in [0, 0.05) is 0 Å². The highest BCUT2D eigenvalue weighted by Gasteiger charge is 2.95. The molecule has 0 amide bonds. The smallest absolute Gasteiger partial charge is 0.379 e. The summed E-state index contributed by atoms with van der Waals surface area (Å²) in [5.41, 5.74) is 0. The van der Waals surface area contributed by atoms with Crippen molar-refractivity contribution in [3.05, 3.63) is 0 Å². The van der Waals surface area contributed by atoms with Crippen molar-refractivity contribution in [1.82, 2.24) is 0 Å². The molecular weight excluding hydrogens is 1220 g/mol. The lowest BCUT2D eigenvalue weighted by Gasteiger charge is -2.74. The van der Waals surface area contributed by atoms with Gasteiger partial charge in [-0.2, -0.15) is 0 Å².